The molecule has 3 aromatic carbocycles. The zero-order chi connectivity index (χ0) is 24.5. The van der Waals surface area contributed by atoms with Crippen molar-refractivity contribution in [3.8, 4) is 0 Å². The van der Waals surface area contributed by atoms with E-state index < -0.39 is 29.1 Å². The van der Waals surface area contributed by atoms with Crippen LogP contribution in [0.3, 0.4) is 0 Å². The summed E-state index contributed by atoms with van der Waals surface area (Å²) in [7, 11) is 0. The zero-order valence-corrected chi connectivity index (χ0v) is 19.9. The highest BCUT2D eigenvalue weighted by Crippen LogP contribution is 2.73. The molecule has 178 valence electrons. The molecule has 5 rings (SSSR count). The van der Waals surface area contributed by atoms with Crippen LogP contribution in [0.2, 0.25) is 0 Å². The fraction of sp³-hybridized carbons (Fsp3) is 0.267. The Bertz CT molecular complexity index is 1180. The minimum Gasteiger partial charge on any atom is -0.465 e. The summed E-state index contributed by atoms with van der Waals surface area (Å²) in [4.78, 5) is 27.7. The molecule has 0 aromatic heterocycles. The van der Waals surface area contributed by atoms with Gasteiger partial charge in [0.2, 0.25) is 5.41 Å². The number of ether oxygens (including phenoxy) is 3. The molecule has 3 aromatic rings. The summed E-state index contributed by atoms with van der Waals surface area (Å²) in [6.07, 6.45) is -0.369. The van der Waals surface area contributed by atoms with Crippen molar-refractivity contribution in [3.63, 3.8) is 0 Å². The fourth-order valence-electron chi connectivity index (χ4n) is 5.39. The first-order valence-corrected chi connectivity index (χ1v) is 12.0. The van der Waals surface area contributed by atoms with E-state index in [1.807, 2.05) is 91.0 Å². The molecule has 1 saturated heterocycles. The smallest absolute Gasteiger partial charge is 0.327 e. The van der Waals surface area contributed by atoms with Gasteiger partial charge in [0, 0.05) is 17.6 Å². The third kappa shape index (κ3) is 3.50. The summed E-state index contributed by atoms with van der Waals surface area (Å²) in [6.45, 7) is 3.77. The third-order valence-corrected chi connectivity index (χ3v) is 6.85. The van der Waals surface area contributed by atoms with Crippen LogP contribution >= 0.6 is 0 Å². The van der Waals surface area contributed by atoms with E-state index in [1.165, 1.54) is 0 Å². The van der Waals surface area contributed by atoms with Crippen LogP contribution in [0.15, 0.2) is 91.0 Å². The molecule has 1 spiro atoms. The lowest BCUT2D eigenvalue weighted by molar-refractivity contribution is -0.176. The second-order valence-electron chi connectivity index (χ2n) is 8.73. The Hall–Kier alpha value is -3.70. The normalized spacial score (nSPS) is 19.4. The summed E-state index contributed by atoms with van der Waals surface area (Å²) >= 11 is 0. The Morgan fingerprint density at radius 3 is 1.60 bits per heavy atom. The standard InChI is InChI=1S/C30H28O5/c1-3-33-27(31)29(28(32)34-4-2)20-24(21-14-8-5-9-15-21)35-30(29)25(22-16-10-6-11-17-22)26(30)23-18-12-7-13-19-23/h5-19,24H,3-4,20H2,1-2H3. The van der Waals surface area contributed by atoms with Crippen molar-refractivity contribution in [1.82, 2.24) is 0 Å². The predicted molar refractivity (Wildman–Crippen MR) is 133 cm³/mol. The molecule has 0 radical (unpaired) electrons. The first-order chi connectivity index (χ1) is 17.1. The molecule has 5 heteroatoms. The van der Waals surface area contributed by atoms with E-state index in [0.29, 0.717) is 0 Å². The topological polar surface area (TPSA) is 61.8 Å². The minimum absolute atomic E-state index is 0.126. The number of rotatable bonds is 7. The highest BCUT2D eigenvalue weighted by Gasteiger charge is 2.80. The van der Waals surface area contributed by atoms with Crippen molar-refractivity contribution in [2.45, 2.75) is 32.0 Å². The van der Waals surface area contributed by atoms with Gasteiger partial charge in [-0.2, -0.15) is 0 Å². The molecule has 2 aliphatic rings. The van der Waals surface area contributed by atoms with Gasteiger partial charge in [-0.25, -0.2) is 0 Å². The predicted octanol–water partition coefficient (Wildman–Crippen LogP) is 5.62. The van der Waals surface area contributed by atoms with Gasteiger partial charge in [-0.3, -0.25) is 9.59 Å². The van der Waals surface area contributed by atoms with Crippen molar-refractivity contribution < 1.29 is 23.8 Å². The lowest BCUT2D eigenvalue weighted by Gasteiger charge is -2.32. The summed E-state index contributed by atoms with van der Waals surface area (Å²) in [5, 5.41) is 0. The van der Waals surface area contributed by atoms with Crippen LogP contribution in [0.5, 0.6) is 0 Å². The van der Waals surface area contributed by atoms with Gasteiger partial charge in [0.05, 0.1) is 19.3 Å². The van der Waals surface area contributed by atoms with Crippen LogP contribution in [0.25, 0.3) is 11.1 Å². The average molecular weight is 469 g/mol. The van der Waals surface area contributed by atoms with Gasteiger partial charge in [0.25, 0.3) is 0 Å². The van der Waals surface area contributed by atoms with Gasteiger partial charge < -0.3 is 14.2 Å². The van der Waals surface area contributed by atoms with E-state index in [1.54, 1.807) is 13.8 Å². The number of benzene rings is 3. The largest absolute Gasteiger partial charge is 0.465 e. The van der Waals surface area contributed by atoms with Gasteiger partial charge in [0.1, 0.15) is 5.60 Å². The molecular weight excluding hydrogens is 440 g/mol. The van der Waals surface area contributed by atoms with E-state index in [2.05, 4.69) is 0 Å². The number of hydrogen-bond donors (Lipinski definition) is 0. The number of esters is 2. The van der Waals surface area contributed by atoms with E-state index in [-0.39, 0.29) is 19.6 Å². The Morgan fingerprint density at radius 2 is 1.17 bits per heavy atom. The van der Waals surface area contributed by atoms with Gasteiger partial charge in [-0.1, -0.05) is 91.0 Å². The first kappa shape index (κ1) is 23.1. The van der Waals surface area contributed by atoms with Crippen LogP contribution in [0.1, 0.15) is 43.1 Å². The maximum absolute atomic E-state index is 13.8. The van der Waals surface area contributed by atoms with Crippen LogP contribution in [-0.4, -0.2) is 30.8 Å². The van der Waals surface area contributed by atoms with Crippen LogP contribution in [0, 0.1) is 5.41 Å². The summed E-state index contributed by atoms with van der Waals surface area (Å²) in [6, 6.07) is 29.3. The molecule has 1 unspecified atom stereocenters. The van der Waals surface area contributed by atoms with Crippen molar-refractivity contribution in [1.29, 1.82) is 0 Å². The van der Waals surface area contributed by atoms with Gasteiger partial charge in [0.15, 0.2) is 0 Å². The molecule has 1 aliphatic carbocycles. The Labute approximate surface area is 205 Å². The maximum atomic E-state index is 13.8. The third-order valence-electron chi connectivity index (χ3n) is 6.85. The molecule has 0 bridgehead atoms. The summed E-state index contributed by atoms with van der Waals surface area (Å²) in [5.41, 5.74) is 1.38. The lowest BCUT2D eigenvalue weighted by atomic mass is 9.72. The fourth-order valence-corrected chi connectivity index (χ4v) is 5.39. The molecule has 1 heterocycles. The summed E-state index contributed by atoms with van der Waals surface area (Å²) < 4.78 is 18.0. The SMILES string of the molecule is CCOC(=O)C1(C(=O)OCC)CC(c2ccccc2)OC12C(c1ccccc1)=C2c1ccccc1. The highest BCUT2D eigenvalue weighted by atomic mass is 16.6. The van der Waals surface area contributed by atoms with E-state index >= 15 is 0 Å². The molecule has 35 heavy (non-hydrogen) atoms. The van der Waals surface area contributed by atoms with E-state index in [0.717, 1.165) is 27.8 Å². The molecule has 0 saturated carbocycles. The van der Waals surface area contributed by atoms with Crippen molar-refractivity contribution in [2.75, 3.05) is 13.2 Å². The highest BCUT2D eigenvalue weighted by molar-refractivity contribution is 6.25. The van der Waals surface area contributed by atoms with Crippen molar-refractivity contribution in [3.05, 3.63) is 108 Å². The first-order valence-electron chi connectivity index (χ1n) is 12.0. The van der Waals surface area contributed by atoms with E-state index in [4.69, 9.17) is 14.2 Å². The van der Waals surface area contributed by atoms with Crippen LogP contribution in [0.4, 0.5) is 0 Å². The Kier molecular flexibility index (Phi) is 6.03. The van der Waals surface area contributed by atoms with Crippen molar-refractivity contribution in [2.24, 2.45) is 5.41 Å². The Balaban J connectivity index is 1.75. The second-order valence-corrected chi connectivity index (χ2v) is 8.73. The van der Waals surface area contributed by atoms with Gasteiger partial charge in [-0.05, 0) is 30.5 Å². The zero-order valence-electron chi connectivity index (χ0n) is 19.9. The lowest BCUT2D eigenvalue weighted by Crippen LogP contribution is -2.51. The number of carbonyl (C=O) groups is 2. The molecule has 0 N–H and O–H groups in total. The monoisotopic (exact) mass is 468 g/mol. The average Bonchev–Trinajstić information content (AvgIpc) is 3.43. The molecule has 1 atom stereocenters. The molecular formula is C30H28O5. The van der Waals surface area contributed by atoms with Gasteiger partial charge >= 0.3 is 11.9 Å². The quantitative estimate of drug-likeness (QED) is 0.333. The Morgan fingerprint density at radius 1 is 0.743 bits per heavy atom. The van der Waals surface area contributed by atoms with Crippen molar-refractivity contribution >= 4 is 23.1 Å². The molecule has 1 aliphatic heterocycles. The number of hydrogen-bond acceptors (Lipinski definition) is 5. The van der Waals surface area contributed by atoms with Crippen LogP contribution < -0.4 is 0 Å². The summed E-state index contributed by atoms with van der Waals surface area (Å²) in [5.74, 6) is -1.23. The minimum atomic E-state index is -1.67. The number of carbonyl (C=O) groups excluding carboxylic acids is 2. The molecule has 0 amide bonds. The maximum Gasteiger partial charge on any atom is 0.327 e. The molecule has 5 nitrogen and oxygen atoms in total. The van der Waals surface area contributed by atoms with E-state index in [9.17, 15) is 9.59 Å². The second kappa shape index (κ2) is 9.16. The van der Waals surface area contributed by atoms with Crippen LogP contribution in [-0.2, 0) is 23.8 Å². The molecule has 1 fully saturated rings. The van der Waals surface area contributed by atoms with Gasteiger partial charge in [-0.15, -0.1) is 0 Å².